The molecule has 1 aromatic carbocycles. The van der Waals surface area contributed by atoms with Crippen molar-refractivity contribution in [2.75, 3.05) is 13.7 Å². The lowest BCUT2D eigenvalue weighted by molar-refractivity contribution is -0.0705. The Morgan fingerprint density at radius 3 is 2.89 bits per heavy atom. The Bertz CT molecular complexity index is 944. The fraction of sp³-hybridized carbons (Fsp3) is 0.500. The van der Waals surface area contributed by atoms with Crippen molar-refractivity contribution >= 4 is 22.6 Å². The Morgan fingerprint density at radius 2 is 2.15 bits per heavy atom. The zero-order valence-corrected chi connectivity index (χ0v) is 16.9. The highest BCUT2D eigenvalue weighted by molar-refractivity contribution is 8.14. The SMILES string of the molecule is COc1ccccc1[C@@H]1SC(C)=Nc2c1c(=O)[nH]n2[C@@H]1CCOC(C)(C)C1. The molecule has 4 rings (SSSR count). The van der Waals surface area contributed by atoms with Crippen LogP contribution < -0.4 is 10.3 Å². The van der Waals surface area contributed by atoms with Crippen molar-refractivity contribution in [3.63, 3.8) is 0 Å². The molecule has 2 aromatic rings. The fourth-order valence-electron chi connectivity index (χ4n) is 4.00. The summed E-state index contributed by atoms with van der Waals surface area (Å²) in [5.41, 5.74) is 1.42. The van der Waals surface area contributed by atoms with E-state index in [0.29, 0.717) is 12.2 Å². The Morgan fingerprint density at radius 1 is 1.37 bits per heavy atom. The largest absolute Gasteiger partial charge is 0.496 e. The quantitative estimate of drug-likeness (QED) is 0.857. The molecule has 0 aliphatic carbocycles. The number of aromatic nitrogens is 2. The van der Waals surface area contributed by atoms with E-state index in [4.69, 9.17) is 14.5 Å². The minimum atomic E-state index is -0.207. The third kappa shape index (κ3) is 3.34. The first-order valence-corrected chi connectivity index (χ1v) is 10.1. The minimum absolute atomic E-state index is 0.0750. The summed E-state index contributed by atoms with van der Waals surface area (Å²) in [6.45, 7) is 6.86. The first-order chi connectivity index (χ1) is 12.9. The van der Waals surface area contributed by atoms with E-state index in [-0.39, 0.29) is 22.5 Å². The molecule has 0 spiro atoms. The molecule has 6 nitrogen and oxygen atoms in total. The van der Waals surface area contributed by atoms with Crippen LogP contribution in [0.15, 0.2) is 34.1 Å². The van der Waals surface area contributed by atoms with Crippen molar-refractivity contribution in [3.05, 3.63) is 45.7 Å². The summed E-state index contributed by atoms with van der Waals surface area (Å²) in [5.74, 6) is 1.53. The maximum Gasteiger partial charge on any atom is 0.271 e. The number of methoxy groups -OCH3 is 1. The molecule has 1 N–H and O–H groups in total. The highest BCUT2D eigenvalue weighted by atomic mass is 32.2. The van der Waals surface area contributed by atoms with Crippen molar-refractivity contribution in [3.8, 4) is 5.75 Å². The number of nitrogens with zero attached hydrogens (tertiary/aromatic N) is 2. The first kappa shape index (κ1) is 18.4. The molecule has 2 aliphatic heterocycles. The van der Waals surface area contributed by atoms with Gasteiger partial charge in [-0.1, -0.05) is 30.0 Å². The number of H-pyrrole nitrogens is 1. The second-order valence-electron chi connectivity index (χ2n) is 7.67. The van der Waals surface area contributed by atoms with Crippen molar-refractivity contribution in [2.24, 2.45) is 4.99 Å². The molecule has 0 unspecified atom stereocenters. The summed E-state index contributed by atoms with van der Waals surface area (Å²) < 4.78 is 13.4. The van der Waals surface area contributed by atoms with Crippen LogP contribution in [-0.2, 0) is 4.74 Å². The number of para-hydroxylation sites is 1. The molecule has 3 heterocycles. The highest BCUT2D eigenvalue weighted by Gasteiger charge is 2.36. The van der Waals surface area contributed by atoms with E-state index in [2.05, 4.69) is 18.9 Å². The third-order valence-electron chi connectivity index (χ3n) is 5.21. The van der Waals surface area contributed by atoms with Crippen LogP contribution in [0.5, 0.6) is 5.75 Å². The molecular formula is C20H25N3O3S. The van der Waals surface area contributed by atoms with E-state index in [1.165, 1.54) is 0 Å². The summed E-state index contributed by atoms with van der Waals surface area (Å²) in [5, 5.41) is 3.87. The smallest absolute Gasteiger partial charge is 0.271 e. The lowest BCUT2D eigenvalue weighted by Gasteiger charge is -2.36. The number of fused-ring (bicyclic) bond motifs is 1. The summed E-state index contributed by atoms with van der Waals surface area (Å²) in [4.78, 5) is 17.7. The summed E-state index contributed by atoms with van der Waals surface area (Å²) in [6, 6.07) is 8.04. The van der Waals surface area contributed by atoms with E-state index < -0.39 is 0 Å². The molecule has 1 aromatic heterocycles. The number of aliphatic imine (C=N–C) groups is 1. The molecule has 0 bridgehead atoms. The average Bonchev–Trinajstić information content (AvgIpc) is 2.96. The highest BCUT2D eigenvalue weighted by Crippen LogP contribution is 2.47. The first-order valence-electron chi connectivity index (χ1n) is 9.23. The van der Waals surface area contributed by atoms with Gasteiger partial charge in [0.2, 0.25) is 0 Å². The lowest BCUT2D eigenvalue weighted by atomic mass is 9.94. The van der Waals surface area contributed by atoms with Gasteiger partial charge in [0, 0.05) is 12.2 Å². The van der Waals surface area contributed by atoms with E-state index in [1.54, 1.807) is 18.9 Å². The minimum Gasteiger partial charge on any atom is -0.496 e. The third-order valence-corrected chi connectivity index (χ3v) is 6.37. The number of aromatic amines is 1. The van der Waals surface area contributed by atoms with Crippen molar-refractivity contribution in [1.82, 2.24) is 9.78 Å². The van der Waals surface area contributed by atoms with Crippen LogP contribution >= 0.6 is 11.8 Å². The molecule has 0 radical (unpaired) electrons. The topological polar surface area (TPSA) is 68.6 Å². The van der Waals surface area contributed by atoms with Gasteiger partial charge in [-0.3, -0.25) is 14.6 Å². The van der Waals surface area contributed by atoms with Gasteiger partial charge < -0.3 is 9.47 Å². The van der Waals surface area contributed by atoms with Gasteiger partial charge >= 0.3 is 0 Å². The molecule has 0 saturated carbocycles. The predicted molar refractivity (Wildman–Crippen MR) is 109 cm³/mol. The van der Waals surface area contributed by atoms with Gasteiger partial charge in [0.05, 0.1) is 34.6 Å². The number of nitrogens with one attached hydrogen (secondary N) is 1. The molecule has 1 fully saturated rings. The maximum atomic E-state index is 12.9. The van der Waals surface area contributed by atoms with Gasteiger partial charge in [0.25, 0.3) is 5.56 Å². The molecule has 2 atom stereocenters. The maximum absolute atomic E-state index is 12.9. The van der Waals surface area contributed by atoms with E-state index in [1.807, 2.05) is 35.9 Å². The van der Waals surface area contributed by atoms with Crippen molar-refractivity contribution in [1.29, 1.82) is 0 Å². The van der Waals surface area contributed by atoms with E-state index in [9.17, 15) is 4.79 Å². The molecule has 1 saturated heterocycles. The monoisotopic (exact) mass is 387 g/mol. The van der Waals surface area contributed by atoms with Crippen LogP contribution in [0.2, 0.25) is 0 Å². The Balaban J connectivity index is 1.82. The standard InChI is InChI=1S/C20H25N3O3S/c1-12-21-18-16(17(27-12)14-7-5-6-8-15(14)25-4)19(24)22-23(18)13-9-10-26-20(2,3)11-13/h5-8,13,17H,9-11H2,1-4H3,(H,22,24)/t13-,17+/m1/s1. The number of hydrogen-bond acceptors (Lipinski definition) is 5. The van der Waals surface area contributed by atoms with Gasteiger partial charge in [0.1, 0.15) is 5.75 Å². The second kappa shape index (κ2) is 6.87. The van der Waals surface area contributed by atoms with Crippen LogP contribution in [0.25, 0.3) is 0 Å². The van der Waals surface area contributed by atoms with Crippen molar-refractivity contribution < 1.29 is 9.47 Å². The van der Waals surface area contributed by atoms with E-state index >= 15 is 0 Å². The van der Waals surface area contributed by atoms with Crippen molar-refractivity contribution in [2.45, 2.75) is 50.5 Å². The van der Waals surface area contributed by atoms with Gasteiger partial charge in [-0.15, -0.1) is 0 Å². The van der Waals surface area contributed by atoms with Gasteiger partial charge in [-0.25, -0.2) is 4.99 Å². The van der Waals surface area contributed by atoms with Gasteiger partial charge in [0.15, 0.2) is 5.82 Å². The van der Waals surface area contributed by atoms with Crippen LogP contribution in [0.3, 0.4) is 0 Å². The Kier molecular flexibility index (Phi) is 4.68. The molecule has 2 aliphatic rings. The van der Waals surface area contributed by atoms with Crippen LogP contribution in [0.4, 0.5) is 5.82 Å². The second-order valence-corrected chi connectivity index (χ2v) is 8.97. The number of ether oxygens (including phenoxy) is 2. The van der Waals surface area contributed by atoms with Gasteiger partial charge in [-0.2, -0.15) is 0 Å². The number of benzene rings is 1. The lowest BCUT2D eigenvalue weighted by Crippen LogP contribution is -2.35. The number of rotatable bonds is 3. The Hall–Kier alpha value is -1.99. The summed E-state index contributed by atoms with van der Waals surface area (Å²) >= 11 is 1.60. The number of thioether (sulfide) groups is 1. The van der Waals surface area contributed by atoms with Crippen LogP contribution in [0.1, 0.15) is 56.0 Å². The summed E-state index contributed by atoms with van der Waals surface area (Å²) in [7, 11) is 1.66. The number of hydrogen-bond donors (Lipinski definition) is 1. The molecule has 27 heavy (non-hydrogen) atoms. The molecule has 144 valence electrons. The van der Waals surface area contributed by atoms with Gasteiger partial charge in [-0.05, 0) is 39.7 Å². The zero-order chi connectivity index (χ0) is 19.2. The predicted octanol–water partition coefficient (Wildman–Crippen LogP) is 4.20. The van der Waals surface area contributed by atoms with E-state index in [0.717, 1.165) is 35.0 Å². The normalized spacial score (nSPS) is 24.2. The summed E-state index contributed by atoms with van der Waals surface area (Å²) in [6.07, 6.45) is 1.70. The van der Waals surface area contributed by atoms with Crippen LogP contribution in [0, 0.1) is 0 Å². The average molecular weight is 388 g/mol. The Labute approximate surface area is 163 Å². The zero-order valence-electron chi connectivity index (χ0n) is 16.1. The fourth-order valence-corrected chi connectivity index (χ4v) is 5.13. The molecule has 7 heteroatoms. The molecular weight excluding hydrogens is 362 g/mol. The van der Waals surface area contributed by atoms with Crippen LogP contribution in [-0.4, -0.2) is 34.1 Å². The molecule has 0 amide bonds.